The number of aliphatic hydroxyl groups excluding tert-OH is 2. The normalized spacial score (nSPS) is 28.5. The molecule has 40 heavy (non-hydrogen) atoms. The number of nitrogens with two attached hydrogens (primary N) is 1. The number of fused-ring (bicyclic) bond motifs is 3. The molecule has 6 unspecified atom stereocenters. The van der Waals surface area contributed by atoms with Crippen LogP contribution in [0.2, 0.25) is 0 Å². The highest BCUT2D eigenvalue weighted by Gasteiger charge is 2.51. The molecule has 9 nitrogen and oxygen atoms in total. The van der Waals surface area contributed by atoms with Gasteiger partial charge in [-0.05, 0) is 66.4 Å². The molecule has 0 bridgehead atoms. The van der Waals surface area contributed by atoms with E-state index < -0.39 is 18.1 Å². The van der Waals surface area contributed by atoms with Crippen molar-refractivity contribution >= 4 is 5.78 Å². The first kappa shape index (κ1) is 36.4. The second kappa shape index (κ2) is 16.8. The number of ether oxygens (including phenoxy) is 3. The molecule has 3 fully saturated rings. The van der Waals surface area contributed by atoms with Crippen molar-refractivity contribution in [1.82, 2.24) is 4.90 Å². The fourth-order valence-corrected chi connectivity index (χ4v) is 5.04. The maximum absolute atomic E-state index is 12.2. The Kier molecular flexibility index (Phi) is 15.3. The van der Waals surface area contributed by atoms with Crippen molar-refractivity contribution < 1.29 is 34.3 Å². The second-order valence-electron chi connectivity index (χ2n) is 11.8. The highest BCUT2D eigenvalue weighted by Crippen LogP contribution is 2.36. The lowest BCUT2D eigenvalue weighted by atomic mass is 9.90. The zero-order valence-corrected chi connectivity index (χ0v) is 26.3. The van der Waals surface area contributed by atoms with Gasteiger partial charge in [-0.3, -0.25) is 9.69 Å². The quantitative estimate of drug-likeness (QED) is 0.184. The number of aliphatic hydroxyl groups is 3. The lowest BCUT2D eigenvalue weighted by Crippen LogP contribution is -2.56. The Labute approximate surface area is 242 Å². The molecule has 9 heteroatoms. The molecular weight excluding hydrogens is 512 g/mol. The van der Waals surface area contributed by atoms with Gasteiger partial charge < -0.3 is 35.3 Å². The first-order chi connectivity index (χ1) is 18.6. The van der Waals surface area contributed by atoms with Crippen LogP contribution in [-0.2, 0) is 19.0 Å². The molecule has 0 amide bonds. The van der Waals surface area contributed by atoms with Crippen LogP contribution in [0, 0.1) is 0 Å². The number of hydrogen-bond acceptors (Lipinski definition) is 9. The lowest BCUT2D eigenvalue weighted by molar-refractivity contribution is -0.201. The minimum absolute atomic E-state index is 0.0128. The number of carbonyl (C=O) groups is 1. The number of allylic oxidation sites excluding steroid dienone is 4. The fraction of sp³-hybridized carbons (Fsp3) is 0.774. The summed E-state index contributed by atoms with van der Waals surface area (Å²) in [4.78, 5) is 14.4. The lowest BCUT2D eigenvalue weighted by Gasteiger charge is -2.38. The standard InChI is InChI=1S/C18H30O3.C10H18N2O4.C3H8/c1-8-9-15(19)16(13(4)5)17(20)14(12(2)3)10-11-18(6,7)21;1-5-8-6(4-7(13)15-5)12-2-3-14-9(11)10(12)16-8;1-3-2/h20-21H,2,8-11H2,1,3-7H3;5-10,13H,2-4,11H2,1H3;3H2,1-2H3/b17-14+;;. The van der Waals surface area contributed by atoms with Crippen molar-refractivity contribution in [2.24, 2.45) is 5.73 Å². The Morgan fingerprint density at radius 1 is 1.12 bits per heavy atom. The summed E-state index contributed by atoms with van der Waals surface area (Å²) in [6, 6.07) is 0.193. The summed E-state index contributed by atoms with van der Waals surface area (Å²) in [7, 11) is 0. The van der Waals surface area contributed by atoms with E-state index >= 15 is 0 Å². The van der Waals surface area contributed by atoms with Gasteiger partial charge in [0.05, 0.1) is 23.9 Å². The van der Waals surface area contributed by atoms with Crippen molar-refractivity contribution in [3.05, 3.63) is 34.6 Å². The number of rotatable bonds is 8. The third-order valence-corrected chi connectivity index (χ3v) is 6.93. The van der Waals surface area contributed by atoms with E-state index in [2.05, 4.69) is 25.3 Å². The molecule has 3 heterocycles. The largest absolute Gasteiger partial charge is 0.507 e. The minimum atomic E-state index is -0.820. The summed E-state index contributed by atoms with van der Waals surface area (Å²) in [5.74, 6) is -0.0257. The third-order valence-electron chi connectivity index (χ3n) is 6.93. The Morgan fingerprint density at radius 3 is 2.23 bits per heavy atom. The Balaban J connectivity index is 0.000000371. The zero-order valence-electron chi connectivity index (χ0n) is 26.3. The average Bonchev–Trinajstić information content (AvgIpc) is 3.19. The predicted octanol–water partition coefficient (Wildman–Crippen LogP) is 4.87. The first-order valence-electron chi connectivity index (χ1n) is 14.7. The van der Waals surface area contributed by atoms with Crippen LogP contribution in [0.5, 0.6) is 0 Å². The minimum Gasteiger partial charge on any atom is -0.507 e. The summed E-state index contributed by atoms with van der Waals surface area (Å²) in [5.41, 5.74) is 7.61. The summed E-state index contributed by atoms with van der Waals surface area (Å²) in [5, 5.41) is 30.0. The monoisotopic (exact) mass is 568 g/mol. The predicted molar refractivity (Wildman–Crippen MR) is 159 cm³/mol. The summed E-state index contributed by atoms with van der Waals surface area (Å²) >= 11 is 0. The van der Waals surface area contributed by atoms with Crippen LogP contribution in [0.4, 0.5) is 0 Å². The van der Waals surface area contributed by atoms with Gasteiger partial charge in [0, 0.05) is 25.4 Å². The van der Waals surface area contributed by atoms with E-state index in [9.17, 15) is 20.1 Å². The van der Waals surface area contributed by atoms with E-state index in [1.165, 1.54) is 6.42 Å². The highest BCUT2D eigenvalue weighted by atomic mass is 16.6. The molecule has 0 aromatic carbocycles. The topological polar surface area (TPSA) is 135 Å². The second-order valence-corrected chi connectivity index (χ2v) is 11.8. The molecule has 5 N–H and O–H groups in total. The van der Waals surface area contributed by atoms with Crippen molar-refractivity contribution in [3.63, 3.8) is 0 Å². The van der Waals surface area contributed by atoms with Gasteiger partial charge in [-0.25, -0.2) is 0 Å². The van der Waals surface area contributed by atoms with Gasteiger partial charge >= 0.3 is 0 Å². The Bertz CT molecular complexity index is 889. The number of nitrogens with zero attached hydrogens (tertiary/aromatic N) is 1. The van der Waals surface area contributed by atoms with Gasteiger partial charge in [-0.15, -0.1) is 0 Å². The SMILES string of the molecule is C=C(C)/C(CCC(C)(C)O)=C(/O)C(C(=O)CCC)=C(C)C.CC1OC(O)CC2C1OC1C(N)OCCN21.CCC. The average molecular weight is 569 g/mol. The van der Waals surface area contributed by atoms with Crippen molar-refractivity contribution in [2.45, 2.75) is 143 Å². The molecule has 0 saturated carbocycles. The summed E-state index contributed by atoms with van der Waals surface area (Å²) < 4.78 is 16.6. The molecule has 0 aromatic heterocycles. The van der Waals surface area contributed by atoms with Gasteiger partial charge in [-0.2, -0.15) is 0 Å². The van der Waals surface area contributed by atoms with Gasteiger partial charge in [-0.1, -0.05) is 44.9 Å². The van der Waals surface area contributed by atoms with E-state index in [-0.39, 0.29) is 36.0 Å². The molecule has 3 saturated heterocycles. The van der Waals surface area contributed by atoms with Gasteiger partial charge in [0.1, 0.15) is 18.1 Å². The maximum atomic E-state index is 12.2. The Morgan fingerprint density at radius 2 is 1.73 bits per heavy atom. The van der Waals surface area contributed by atoms with E-state index in [0.717, 1.165) is 24.1 Å². The fourth-order valence-electron chi connectivity index (χ4n) is 5.04. The number of morpholine rings is 1. The number of ketones is 1. The van der Waals surface area contributed by atoms with Crippen LogP contribution in [0.25, 0.3) is 0 Å². The number of carbonyl (C=O) groups excluding carboxylic acids is 1. The molecule has 0 aliphatic carbocycles. The number of hydrogen-bond donors (Lipinski definition) is 4. The van der Waals surface area contributed by atoms with Crippen molar-refractivity contribution in [2.75, 3.05) is 13.2 Å². The molecule has 0 radical (unpaired) electrons. The van der Waals surface area contributed by atoms with Gasteiger partial charge in [0.15, 0.2) is 18.3 Å². The molecule has 3 aliphatic heterocycles. The van der Waals surface area contributed by atoms with E-state index in [0.29, 0.717) is 43.4 Å². The summed E-state index contributed by atoms with van der Waals surface area (Å²) in [6.45, 7) is 22.3. The summed E-state index contributed by atoms with van der Waals surface area (Å²) in [6.07, 6.45) is 2.57. The first-order valence-corrected chi connectivity index (χ1v) is 14.7. The highest BCUT2D eigenvalue weighted by molar-refractivity contribution is 5.99. The zero-order chi connectivity index (χ0) is 30.8. The van der Waals surface area contributed by atoms with E-state index in [4.69, 9.17) is 19.9 Å². The van der Waals surface area contributed by atoms with Gasteiger partial charge in [0.2, 0.25) is 0 Å². The molecule has 6 atom stereocenters. The van der Waals surface area contributed by atoms with Crippen LogP contribution in [0.15, 0.2) is 34.6 Å². The van der Waals surface area contributed by atoms with Crippen LogP contribution in [0.3, 0.4) is 0 Å². The van der Waals surface area contributed by atoms with Gasteiger partial charge in [0.25, 0.3) is 0 Å². The third kappa shape index (κ3) is 10.7. The molecule has 0 aromatic rings. The maximum Gasteiger partial charge on any atom is 0.166 e. The molecular formula is C31H56N2O7. The van der Waals surface area contributed by atoms with Crippen LogP contribution in [-0.4, -0.2) is 81.8 Å². The van der Waals surface area contributed by atoms with Crippen molar-refractivity contribution in [3.8, 4) is 0 Å². The van der Waals surface area contributed by atoms with Crippen LogP contribution >= 0.6 is 0 Å². The van der Waals surface area contributed by atoms with Crippen molar-refractivity contribution in [1.29, 1.82) is 0 Å². The van der Waals surface area contributed by atoms with E-state index in [1.807, 2.05) is 34.6 Å². The molecule has 232 valence electrons. The molecule has 3 rings (SSSR count). The Hall–Kier alpha value is -1.59. The van der Waals surface area contributed by atoms with Crippen LogP contribution in [0.1, 0.15) is 101 Å². The smallest absolute Gasteiger partial charge is 0.166 e. The molecule has 3 aliphatic rings. The van der Waals surface area contributed by atoms with Crippen LogP contribution < -0.4 is 5.73 Å². The number of Topliss-reactive ketones (excluding diaryl/α,β-unsaturated/α-hetero) is 1. The molecule has 0 spiro atoms. The van der Waals surface area contributed by atoms with E-state index in [1.54, 1.807) is 13.8 Å².